The van der Waals surface area contributed by atoms with E-state index in [1.807, 2.05) is 0 Å². The topological polar surface area (TPSA) is 67.6 Å². The quantitative estimate of drug-likeness (QED) is 0.611. The number of rotatable bonds is 7. The minimum atomic E-state index is -0.382. The Morgan fingerprint density at radius 1 is 1.45 bits per heavy atom. The molecule has 1 saturated heterocycles. The molecule has 0 radical (unpaired) electrons. The van der Waals surface area contributed by atoms with Gasteiger partial charge in [0.1, 0.15) is 0 Å². The first-order chi connectivity index (χ1) is 9.70. The van der Waals surface area contributed by atoms with E-state index in [1.54, 1.807) is 19.2 Å². The first-order valence-corrected chi connectivity index (χ1v) is 6.92. The highest BCUT2D eigenvalue weighted by Crippen LogP contribution is 2.19. The number of nitro benzene ring substituents is 1. The number of nitrogens with one attached hydrogen (secondary N) is 1. The number of anilines is 1. The molecule has 0 bridgehead atoms. The van der Waals surface area contributed by atoms with Gasteiger partial charge in [0.25, 0.3) is 5.69 Å². The van der Waals surface area contributed by atoms with Gasteiger partial charge in [0.05, 0.1) is 11.5 Å². The fourth-order valence-electron chi connectivity index (χ4n) is 2.57. The van der Waals surface area contributed by atoms with Gasteiger partial charge in [-0.25, -0.2) is 0 Å². The lowest BCUT2D eigenvalue weighted by Crippen LogP contribution is -2.37. The predicted molar refractivity (Wildman–Crippen MR) is 78.1 cm³/mol. The number of non-ortho nitro benzene ring substituents is 1. The number of methoxy groups -OCH3 is 1. The highest BCUT2D eigenvalue weighted by Gasteiger charge is 2.23. The molecule has 1 aromatic rings. The summed E-state index contributed by atoms with van der Waals surface area (Å²) in [6.45, 7) is 3.70. The van der Waals surface area contributed by atoms with Crippen molar-refractivity contribution >= 4 is 11.4 Å². The van der Waals surface area contributed by atoms with Gasteiger partial charge in [-0.3, -0.25) is 15.0 Å². The second-order valence-electron chi connectivity index (χ2n) is 5.01. The zero-order valence-corrected chi connectivity index (χ0v) is 11.7. The Morgan fingerprint density at radius 3 is 2.85 bits per heavy atom. The molecule has 1 N–H and O–H groups in total. The van der Waals surface area contributed by atoms with Crippen molar-refractivity contribution in [1.82, 2.24) is 4.90 Å². The van der Waals surface area contributed by atoms with Crippen LogP contribution in [-0.2, 0) is 4.74 Å². The van der Waals surface area contributed by atoms with Gasteiger partial charge in [-0.1, -0.05) is 0 Å². The monoisotopic (exact) mass is 279 g/mol. The molecule has 1 fully saturated rings. The van der Waals surface area contributed by atoms with Crippen LogP contribution in [0.5, 0.6) is 0 Å². The van der Waals surface area contributed by atoms with Gasteiger partial charge < -0.3 is 10.1 Å². The SMILES string of the molecule is COCCN1CCCC1CNc1ccc([N+](=O)[O-])cc1. The second kappa shape index (κ2) is 7.21. The van der Waals surface area contributed by atoms with Crippen molar-refractivity contribution in [3.05, 3.63) is 34.4 Å². The van der Waals surface area contributed by atoms with E-state index in [9.17, 15) is 10.1 Å². The van der Waals surface area contributed by atoms with Gasteiger partial charge in [-0.05, 0) is 31.5 Å². The zero-order chi connectivity index (χ0) is 14.4. The van der Waals surface area contributed by atoms with Crippen LogP contribution in [0.25, 0.3) is 0 Å². The summed E-state index contributed by atoms with van der Waals surface area (Å²) in [6, 6.07) is 7.08. The molecule has 0 aromatic heterocycles. The molecule has 2 rings (SSSR count). The Bertz CT molecular complexity index is 436. The van der Waals surface area contributed by atoms with Crippen LogP contribution in [0.15, 0.2) is 24.3 Å². The van der Waals surface area contributed by atoms with Crippen LogP contribution in [0, 0.1) is 10.1 Å². The molecule has 6 nitrogen and oxygen atoms in total. The third kappa shape index (κ3) is 3.91. The van der Waals surface area contributed by atoms with Crippen molar-refractivity contribution in [2.75, 3.05) is 38.7 Å². The molecule has 0 saturated carbocycles. The largest absolute Gasteiger partial charge is 0.383 e. The van der Waals surface area contributed by atoms with E-state index in [-0.39, 0.29) is 10.6 Å². The van der Waals surface area contributed by atoms with Crippen LogP contribution in [-0.4, -0.2) is 49.2 Å². The van der Waals surface area contributed by atoms with Crippen molar-refractivity contribution in [2.24, 2.45) is 0 Å². The average Bonchev–Trinajstić information content (AvgIpc) is 2.90. The third-order valence-electron chi connectivity index (χ3n) is 3.70. The summed E-state index contributed by atoms with van der Waals surface area (Å²) in [7, 11) is 1.72. The van der Waals surface area contributed by atoms with E-state index in [0.29, 0.717) is 6.04 Å². The van der Waals surface area contributed by atoms with E-state index in [1.165, 1.54) is 25.0 Å². The van der Waals surface area contributed by atoms with Crippen LogP contribution in [0.1, 0.15) is 12.8 Å². The van der Waals surface area contributed by atoms with Crippen LogP contribution < -0.4 is 5.32 Å². The van der Waals surface area contributed by atoms with Gasteiger partial charge in [-0.15, -0.1) is 0 Å². The minimum Gasteiger partial charge on any atom is -0.383 e. The normalized spacial score (nSPS) is 19.1. The zero-order valence-electron chi connectivity index (χ0n) is 11.7. The summed E-state index contributed by atoms with van der Waals surface area (Å²) >= 11 is 0. The molecular weight excluding hydrogens is 258 g/mol. The smallest absolute Gasteiger partial charge is 0.269 e. The van der Waals surface area contributed by atoms with Crippen molar-refractivity contribution in [2.45, 2.75) is 18.9 Å². The molecule has 110 valence electrons. The number of benzene rings is 1. The maximum Gasteiger partial charge on any atom is 0.269 e. The highest BCUT2D eigenvalue weighted by atomic mass is 16.6. The Morgan fingerprint density at radius 2 is 2.20 bits per heavy atom. The highest BCUT2D eigenvalue weighted by molar-refractivity contribution is 5.48. The molecule has 20 heavy (non-hydrogen) atoms. The lowest BCUT2D eigenvalue weighted by molar-refractivity contribution is -0.384. The number of likely N-dealkylation sites (tertiary alicyclic amines) is 1. The van der Waals surface area contributed by atoms with Crippen LogP contribution >= 0.6 is 0 Å². The maximum atomic E-state index is 10.6. The van der Waals surface area contributed by atoms with Crippen molar-refractivity contribution in [1.29, 1.82) is 0 Å². The van der Waals surface area contributed by atoms with Gasteiger partial charge in [-0.2, -0.15) is 0 Å². The number of ether oxygens (including phenoxy) is 1. The number of nitro groups is 1. The van der Waals surface area contributed by atoms with E-state index in [2.05, 4.69) is 10.2 Å². The van der Waals surface area contributed by atoms with E-state index >= 15 is 0 Å². The first-order valence-electron chi connectivity index (χ1n) is 6.92. The number of hydrogen-bond donors (Lipinski definition) is 1. The van der Waals surface area contributed by atoms with Crippen molar-refractivity contribution in [3.63, 3.8) is 0 Å². The predicted octanol–water partition coefficient (Wildman–Crippen LogP) is 2.12. The van der Waals surface area contributed by atoms with Gasteiger partial charge >= 0.3 is 0 Å². The molecule has 6 heteroatoms. The summed E-state index contributed by atoms with van der Waals surface area (Å²) in [6.07, 6.45) is 2.40. The first kappa shape index (κ1) is 14.7. The van der Waals surface area contributed by atoms with E-state index < -0.39 is 0 Å². The van der Waals surface area contributed by atoms with Crippen LogP contribution in [0.4, 0.5) is 11.4 Å². The molecule has 1 heterocycles. The third-order valence-corrected chi connectivity index (χ3v) is 3.70. The van der Waals surface area contributed by atoms with E-state index in [0.717, 1.165) is 31.9 Å². The average molecular weight is 279 g/mol. The molecule has 1 aromatic carbocycles. The van der Waals surface area contributed by atoms with Crippen molar-refractivity contribution in [3.8, 4) is 0 Å². The standard InChI is InChI=1S/C14H21N3O3/c1-20-10-9-16-8-2-3-14(16)11-15-12-4-6-13(7-5-12)17(18)19/h4-7,14-15H,2-3,8-11H2,1H3. The fourth-order valence-corrected chi connectivity index (χ4v) is 2.57. The number of nitrogens with zero attached hydrogens (tertiary/aromatic N) is 2. The Hall–Kier alpha value is -1.66. The molecule has 1 atom stereocenters. The number of hydrogen-bond acceptors (Lipinski definition) is 5. The fraction of sp³-hybridized carbons (Fsp3) is 0.571. The Kier molecular flexibility index (Phi) is 5.31. The molecule has 1 unspecified atom stereocenters. The lowest BCUT2D eigenvalue weighted by Gasteiger charge is -2.24. The Balaban J connectivity index is 1.83. The molecule has 0 spiro atoms. The van der Waals surface area contributed by atoms with E-state index in [4.69, 9.17) is 4.74 Å². The van der Waals surface area contributed by atoms with Crippen LogP contribution in [0.3, 0.4) is 0 Å². The molecular formula is C14H21N3O3. The molecule has 0 amide bonds. The van der Waals surface area contributed by atoms with Gasteiger partial charge in [0, 0.05) is 44.1 Å². The summed E-state index contributed by atoms with van der Waals surface area (Å²) < 4.78 is 5.12. The summed E-state index contributed by atoms with van der Waals surface area (Å²) in [5.41, 5.74) is 1.05. The van der Waals surface area contributed by atoms with Gasteiger partial charge in [0.2, 0.25) is 0 Å². The second-order valence-corrected chi connectivity index (χ2v) is 5.01. The lowest BCUT2D eigenvalue weighted by atomic mass is 10.2. The maximum absolute atomic E-state index is 10.6. The molecule has 0 aliphatic carbocycles. The van der Waals surface area contributed by atoms with Crippen molar-refractivity contribution < 1.29 is 9.66 Å². The Labute approximate surface area is 118 Å². The van der Waals surface area contributed by atoms with Crippen LogP contribution in [0.2, 0.25) is 0 Å². The summed E-state index contributed by atoms with van der Waals surface area (Å²) in [4.78, 5) is 12.6. The van der Waals surface area contributed by atoms with Gasteiger partial charge in [0.15, 0.2) is 0 Å². The summed E-state index contributed by atoms with van der Waals surface area (Å²) in [5.74, 6) is 0. The summed E-state index contributed by atoms with van der Waals surface area (Å²) in [5, 5.41) is 13.9. The minimum absolute atomic E-state index is 0.123. The molecule has 1 aliphatic heterocycles. The molecule has 1 aliphatic rings.